The smallest absolute Gasteiger partial charge is 0.330 e. The van der Waals surface area contributed by atoms with Crippen LogP contribution in [0.25, 0.3) is 0 Å². The van der Waals surface area contributed by atoms with Gasteiger partial charge in [0.15, 0.2) is 0 Å². The van der Waals surface area contributed by atoms with Crippen molar-refractivity contribution in [3.63, 3.8) is 0 Å². The minimum Gasteiger partial charge on any atom is -0.457 e. The molecule has 1 N–H and O–H groups in total. The summed E-state index contributed by atoms with van der Waals surface area (Å²) in [6.07, 6.45) is 5.92. The van der Waals surface area contributed by atoms with Gasteiger partial charge in [0.25, 0.3) is 0 Å². The molecule has 0 rings (SSSR count). The number of halogens is 1. The number of hydrogen-bond acceptors (Lipinski definition) is 3. The number of hydrogen-bond donors (Lipinski definition) is 1. The highest BCUT2D eigenvalue weighted by Gasteiger charge is 2.32. The fourth-order valence-corrected chi connectivity index (χ4v) is 2.04. The minimum atomic E-state index is -1.56. The van der Waals surface area contributed by atoms with Crippen molar-refractivity contribution in [1.82, 2.24) is 0 Å². The highest BCUT2D eigenvalue weighted by atomic mass is 19.1. The zero-order chi connectivity index (χ0) is 15.8. The van der Waals surface area contributed by atoms with Crippen LogP contribution in [0.1, 0.15) is 60.3 Å². The standard InChI is InChI=1S/C16H29FO3/c1-6-9-13(16(5,17)12-18)10-7-8-11-14(19)20-15(2,3)4/h8,11,13,18H,6-7,9-10,12H2,1-5H3/b11-8+. The number of aliphatic hydroxyl groups excluding tert-OH is 1. The molecular weight excluding hydrogens is 259 g/mol. The average molecular weight is 288 g/mol. The molecule has 0 aromatic heterocycles. The molecule has 0 saturated heterocycles. The molecule has 4 heteroatoms. The lowest BCUT2D eigenvalue weighted by Crippen LogP contribution is -2.33. The third-order valence-corrected chi connectivity index (χ3v) is 3.14. The molecule has 0 aliphatic heterocycles. The van der Waals surface area contributed by atoms with Crippen molar-refractivity contribution in [2.24, 2.45) is 5.92 Å². The molecule has 0 aromatic carbocycles. The Morgan fingerprint density at radius 1 is 1.30 bits per heavy atom. The van der Waals surface area contributed by atoms with Gasteiger partial charge in [-0.05, 0) is 52.9 Å². The van der Waals surface area contributed by atoms with Gasteiger partial charge < -0.3 is 9.84 Å². The predicted octanol–water partition coefficient (Wildman–Crippen LogP) is 3.80. The fraction of sp³-hybridized carbons (Fsp3) is 0.812. The van der Waals surface area contributed by atoms with E-state index in [4.69, 9.17) is 9.84 Å². The van der Waals surface area contributed by atoms with Crippen molar-refractivity contribution in [1.29, 1.82) is 0 Å². The van der Waals surface area contributed by atoms with Crippen molar-refractivity contribution in [2.45, 2.75) is 71.6 Å². The summed E-state index contributed by atoms with van der Waals surface area (Å²) in [7, 11) is 0. The molecule has 0 amide bonds. The third kappa shape index (κ3) is 8.31. The Morgan fingerprint density at radius 2 is 1.90 bits per heavy atom. The molecule has 0 saturated carbocycles. The lowest BCUT2D eigenvalue weighted by molar-refractivity contribution is -0.148. The molecule has 0 radical (unpaired) electrons. The largest absolute Gasteiger partial charge is 0.457 e. The van der Waals surface area contributed by atoms with Crippen molar-refractivity contribution in [2.75, 3.05) is 6.61 Å². The Hall–Kier alpha value is -0.900. The minimum absolute atomic E-state index is 0.194. The topological polar surface area (TPSA) is 46.5 Å². The normalized spacial score (nSPS) is 16.9. The van der Waals surface area contributed by atoms with Crippen LogP contribution in [0.2, 0.25) is 0 Å². The Labute approximate surface area is 122 Å². The molecule has 0 fully saturated rings. The number of esters is 1. The van der Waals surface area contributed by atoms with E-state index in [2.05, 4.69) is 0 Å². The molecule has 20 heavy (non-hydrogen) atoms. The zero-order valence-electron chi connectivity index (χ0n) is 13.4. The highest BCUT2D eigenvalue weighted by Crippen LogP contribution is 2.30. The molecular formula is C16H29FO3. The van der Waals surface area contributed by atoms with Gasteiger partial charge in [0.05, 0.1) is 6.61 Å². The van der Waals surface area contributed by atoms with Crippen LogP contribution in [0.5, 0.6) is 0 Å². The molecule has 0 aliphatic rings. The summed E-state index contributed by atoms with van der Waals surface area (Å²) in [6, 6.07) is 0. The van der Waals surface area contributed by atoms with Crippen molar-refractivity contribution in [3.8, 4) is 0 Å². The summed E-state index contributed by atoms with van der Waals surface area (Å²) in [4.78, 5) is 11.5. The van der Waals surface area contributed by atoms with Crippen LogP contribution < -0.4 is 0 Å². The first kappa shape index (κ1) is 19.1. The third-order valence-electron chi connectivity index (χ3n) is 3.14. The average Bonchev–Trinajstić information content (AvgIpc) is 2.30. The number of allylic oxidation sites excluding steroid dienone is 1. The number of rotatable bonds is 8. The summed E-state index contributed by atoms with van der Waals surface area (Å²) < 4.78 is 19.3. The molecule has 0 bridgehead atoms. The molecule has 2 atom stereocenters. The Bertz CT molecular complexity index is 316. The lowest BCUT2D eigenvalue weighted by atomic mass is 9.84. The molecule has 0 aliphatic carbocycles. The first-order valence-electron chi connectivity index (χ1n) is 7.31. The molecule has 2 unspecified atom stereocenters. The van der Waals surface area contributed by atoms with Crippen molar-refractivity contribution < 1.29 is 19.0 Å². The molecule has 0 spiro atoms. The molecule has 0 heterocycles. The number of ether oxygens (including phenoxy) is 1. The van der Waals surface area contributed by atoms with Gasteiger partial charge >= 0.3 is 5.97 Å². The van der Waals surface area contributed by atoms with Crippen LogP contribution in [0.3, 0.4) is 0 Å². The van der Waals surface area contributed by atoms with E-state index in [9.17, 15) is 9.18 Å². The number of aliphatic hydroxyl groups is 1. The first-order valence-corrected chi connectivity index (χ1v) is 7.31. The van der Waals surface area contributed by atoms with Gasteiger partial charge in [-0.25, -0.2) is 9.18 Å². The van der Waals surface area contributed by atoms with E-state index >= 15 is 0 Å². The summed E-state index contributed by atoms with van der Waals surface area (Å²) in [5.74, 6) is -0.574. The second kappa shape index (κ2) is 8.40. The van der Waals surface area contributed by atoms with E-state index in [0.717, 1.165) is 12.8 Å². The lowest BCUT2D eigenvalue weighted by Gasteiger charge is -2.28. The van der Waals surface area contributed by atoms with Gasteiger partial charge in [0, 0.05) is 6.08 Å². The van der Waals surface area contributed by atoms with E-state index in [-0.39, 0.29) is 11.9 Å². The summed E-state index contributed by atoms with van der Waals surface area (Å²) in [5, 5.41) is 9.10. The van der Waals surface area contributed by atoms with Crippen molar-refractivity contribution >= 4 is 5.97 Å². The Morgan fingerprint density at radius 3 is 2.35 bits per heavy atom. The molecule has 3 nitrogen and oxygen atoms in total. The Kier molecular flexibility index (Phi) is 8.02. The van der Waals surface area contributed by atoms with E-state index in [1.807, 2.05) is 27.7 Å². The number of alkyl halides is 1. The van der Waals surface area contributed by atoms with Gasteiger partial charge in [-0.1, -0.05) is 19.4 Å². The van der Waals surface area contributed by atoms with E-state index < -0.39 is 17.9 Å². The molecule has 0 aromatic rings. The van der Waals surface area contributed by atoms with Crippen LogP contribution in [-0.4, -0.2) is 29.0 Å². The maximum atomic E-state index is 14.1. The van der Waals surface area contributed by atoms with Gasteiger partial charge in [0.1, 0.15) is 11.3 Å². The first-order chi connectivity index (χ1) is 9.12. The fourth-order valence-electron chi connectivity index (χ4n) is 2.04. The number of carbonyl (C=O) groups excluding carboxylic acids is 1. The monoisotopic (exact) mass is 288 g/mol. The zero-order valence-corrected chi connectivity index (χ0v) is 13.4. The predicted molar refractivity (Wildman–Crippen MR) is 79.2 cm³/mol. The molecule has 118 valence electrons. The van der Waals surface area contributed by atoms with Gasteiger partial charge in [-0.2, -0.15) is 0 Å². The van der Waals surface area contributed by atoms with Crippen LogP contribution in [-0.2, 0) is 9.53 Å². The van der Waals surface area contributed by atoms with E-state index in [0.29, 0.717) is 12.8 Å². The second-order valence-electron chi connectivity index (χ2n) is 6.43. The second-order valence-corrected chi connectivity index (χ2v) is 6.43. The quantitative estimate of drug-likeness (QED) is 0.546. The van der Waals surface area contributed by atoms with Crippen LogP contribution in [0.4, 0.5) is 4.39 Å². The van der Waals surface area contributed by atoms with Gasteiger partial charge in [-0.3, -0.25) is 0 Å². The number of carbonyl (C=O) groups is 1. The van der Waals surface area contributed by atoms with Crippen LogP contribution in [0.15, 0.2) is 12.2 Å². The van der Waals surface area contributed by atoms with Gasteiger partial charge in [0.2, 0.25) is 0 Å². The summed E-state index contributed by atoms with van der Waals surface area (Å²) in [5.41, 5.74) is -2.06. The summed E-state index contributed by atoms with van der Waals surface area (Å²) >= 11 is 0. The van der Waals surface area contributed by atoms with E-state index in [1.54, 1.807) is 6.08 Å². The van der Waals surface area contributed by atoms with E-state index in [1.165, 1.54) is 13.0 Å². The van der Waals surface area contributed by atoms with Crippen LogP contribution in [0, 0.1) is 5.92 Å². The highest BCUT2D eigenvalue weighted by molar-refractivity contribution is 5.82. The van der Waals surface area contributed by atoms with Gasteiger partial charge in [-0.15, -0.1) is 0 Å². The maximum Gasteiger partial charge on any atom is 0.330 e. The van der Waals surface area contributed by atoms with Crippen molar-refractivity contribution in [3.05, 3.63) is 12.2 Å². The maximum absolute atomic E-state index is 14.1. The SMILES string of the molecule is CCCC(CC/C=C/C(=O)OC(C)(C)C)C(C)(F)CO. The Balaban J connectivity index is 4.28. The van der Waals surface area contributed by atoms with Crippen LogP contribution >= 0.6 is 0 Å². The summed E-state index contributed by atoms with van der Waals surface area (Å²) in [6.45, 7) is 8.40.